The van der Waals surface area contributed by atoms with Gasteiger partial charge >= 0.3 is 0 Å². The average Bonchev–Trinajstić information content (AvgIpc) is 2.46. The highest BCUT2D eigenvalue weighted by Gasteiger charge is 2.29. The molecule has 1 heterocycles. The number of hydrogen-bond donors (Lipinski definition) is 2. The summed E-state index contributed by atoms with van der Waals surface area (Å²) in [6.07, 6.45) is 3.02. The van der Waals surface area contributed by atoms with Gasteiger partial charge in [-0.05, 0) is 31.4 Å². The van der Waals surface area contributed by atoms with Crippen molar-refractivity contribution in [2.45, 2.75) is 25.3 Å². The third-order valence-corrected chi connectivity index (χ3v) is 3.60. The molecule has 0 aliphatic carbocycles. The lowest BCUT2D eigenvalue weighted by atomic mass is 10.00. The van der Waals surface area contributed by atoms with Gasteiger partial charge in [-0.3, -0.25) is 4.79 Å². The molecule has 0 radical (unpaired) electrons. The first-order valence-electron chi connectivity index (χ1n) is 6.59. The van der Waals surface area contributed by atoms with Crippen LogP contribution in [0.25, 0.3) is 0 Å². The number of piperidine rings is 1. The molecule has 1 aliphatic heterocycles. The molecule has 0 spiro atoms. The summed E-state index contributed by atoms with van der Waals surface area (Å²) in [6.45, 7) is 0.856. The van der Waals surface area contributed by atoms with Gasteiger partial charge in [-0.2, -0.15) is 0 Å². The fourth-order valence-corrected chi connectivity index (χ4v) is 2.58. The number of carbonyl (C=O) groups excluding carboxylic acids is 1. The van der Waals surface area contributed by atoms with Gasteiger partial charge in [0, 0.05) is 19.7 Å². The second-order valence-electron chi connectivity index (χ2n) is 4.74. The van der Waals surface area contributed by atoms with E-state index in [-0.39, 0.29) is 11.9 Å². The van der Waals surface area contributed by atoms with E-state index in [0.29, 0.717) is 5.69 Å². The number of benzene rings is 1. The molecule has 5 heteroatoms. The fraction of sp³-hybridized carbons (Fsp3) is 0.500. The molecule has 1 aliphatic rings. The Morgan fingerprint density at radius 1 is 1.47 bits per heavy atom. The smallest absolute Gasteiger partial charge is 0.242 e. The van der Waals surface area contributed by atoms with E-state index in [2.05, 4.69) is 10.2 Å². The van der Waals surface area contributed by atoms with Crippen molar-refractivity contribution in [3.63, 3.8) is 0 Å². The molecule has 1 saturated heterocycles. The van der Waals surface area contributed by atoms with Crippen molar-refractivity contribution in [3.05, 3.63) is 18.2 Å². The first-order chi connectivity index (χ1) is 9.17. The highest BCUT2D eigenvalue weighted by atomic mass is 16.5. The van der Waals surface area contributed by atoms with Crippen LogP contribution in [-0.4, -0.2) is 32.7 Å². The molecule has 104 valence electrons. The molecule has 1 unspecified atom stereocenters. The normalized spacial score (nSPS) is 19.1. The van der Waals surface area contributed by atoms with Crippen LogP contribution in [0.2, 0.25) is 0 Å². The third-order valence-electron chi connectivity index (χ3n) is 3.60. The molecule has 5 nitrogen and oxygen atoms in total. The Bertz CT molecular complexity index is 462. The van der Waals surface area contributed by atoms with E-state index in [1.807, 2.05) is 12.1 Å². The van der Waals surface area contributed by atoms with Gasteiger partial charge in [-0.1, -0.05) is 0 Å². The van der Waals surface area contributed by atoms with Crippen molar-refractivity contribution < 1.29 is 9.53 Å². The highest BCUT2D eigenvalue weighted by Crippen LogP contribution is 2.32. The second kappa shape index (κ2) is 5.82. The van der Waals surface area contributed by atoms with E-state index < -0.39 is 0 Å². The number of methoxy groups -OCH3 is 1. The van der Waals surface area contributed by atoms with E-state index in [1.54, 1.807) is 20.2 Å². The van der Waals surface area contributed by atoms with Crippen LogP contribution in [0.4, 0.5) is 11.4 Å². The van der Waals surface area contributed by atoms with Crippen LogP contribution >= 0.6 is 0 Å². The Morgan fingerprint density at radius 2 is 2.26 bits per heavy atom. The van der Waals surface area contributed by atoms with Crippen molar-refractivity contribution >= 4 is 17.3 Å². The van der Waals surface area contributed by atoms with E-state index in [9.17, 15) is 4.79 Å². The van der Waals surface area contributed by atoms with Gasteiger partial charge in [-0.15, -0.1) is 0 Å². The van der Waals surface area contributed by atoms with Crippen LogP contribution < -0.4 is 20.7 Å². The summed E-state index contributed by atoms with van der Waals surface area (Å²) in [5.41, 5.74) is 7.64. The minimum Gasteiger partial charge on any atom is -0.497 e. The molecule has 1 amide bonds. The van der Waals surface area contributed by atoms with Gasteiger partial charge in [-0.25, -0.2) is 0 Å². The number of nitrogens with one attached hydrogen (secondary N) is 1. The van der Waals surface area contributed by atoms with Crippen molar-refractivity contribution in [3.8, 4) is 5.75 Å². The van der Waals surface area contributed by atoms with E-state index in [1.165, 1.54) is 0 Å². The Kier molecular flexibility index (Phi) is 4.14. The monoisotopic (exact) mass is 263 g/mol. The van der Waals surface area contributed by atoms with Gasteiger partial charge < -0.3 is 20.7 Å². The van der Waals surface area contributed by atoms with Gasteiger partial charge in [0.2, 0.25) is 5.91 Å². The van der Waals surface area contributed by atoms with Crippen LogP contribution in [0.3, 0.4) is 0 Å². The second-order valence-corrected chi connectivity index (χ2v) is 4.74. The summed E-state index contributed by atoms with van der Waals surface area (Å²) in [7, 11) is 3.29. The number of hydrogen-bond acceptors (Lipinski definition) is 4. The topological polar surface area (TPSA) is 67.6 Å². The van der Waals surface area contributed by atoms with E-state index in [0.717, 1.165) is 37.2 Å². The molecule has 0 saturated carbocycles. The number of nitrogens with zero attached hydrogens (tertiary/aromatic N) is 1. The summed E-state index contributed by atoms with van der Waals surface area (Å²) in [5, 5.41) is 2.73. The standard InChI is InChI=1S/C14H21N3O2/c1-16-14(18)13-5-3-4-8-17(13)12-7-6-10(19-2)9-11(12)15/h6-7,9,13H,3-5,8,15H2,1-2H3,(H,16,18). The van der Waals surface area contributed by atoms with E-state index in [4.69, 9.17) is 10.5 Å². The number of carbonyl (C=O) groups is 1. The number of ether oxygens (including phenoxy) is 1. The third kappa shape index (κ3) is 2.75. The van der Waals surface area contributed by atoms with Crippen LogP contribution in [0.1, 0.15) is 19.3 Å². The molecule has 1 fully saturated rings. The number of amides is 1. The maximum Gasteiger partial charge on any atom is 0.242 e. The SMILES string of the molecule is CNC(=O)C1CCCCN1c1ccc(OC)cc1N. The lowest BCUT2D eigenvalue weighted by Crippen LogP contribution is -2.49. The lowest BCUT2D eigenvalue weighted by molar-refractivity contribution is -0.122. The Labute approximate surface area is 113 Å². The van der Waals surface area contributed by atoms with Crippen LogP contribution in [0, 0.1) is 0 Å². The molecule has 19 heavy (non-hydrogen) atoms. The van der Waals surface area contributed by atoms with Crippen molar-refractivity contribution in [1.82, 2.24) is 5.32 Å². The van der Waals surface area contributed by atoms with Crippen molar-refractivity contribution in [2.75, 3.05) is 31.3 Å². The quantitative estimate of drug-likeness (QED) is 0.809. The fourth-order valence-electron chi connectivity index (χ4n) is 2.58. The predicted octanol–water partition coefficient (Wildman–Crippen LogP) is 1.38. The predicted molar refractivity (Wildman–Crippen MR) is 76.5 cm³/mol. The Balaban J connectivity index is 2.29. The summed E-state index contributed by atoms with van der Waals surface area (Å²) < 4.78 is 5.16. The number of likely N-dealkylation sites (N-methyl/N-ethyl adjacent to an activating group) is 1. The number of nitrogens with two attached hydrogens (primary N) is 1. The number of nitrogen functional groups attached to an aromatic ring is 1. The van der Waals surface area contributed by atoms with Gasteiger partial charge in [0.1, 0.15) is 11.8 Å². The van der Waals surface area contributed by atoms with E-state index >= 15 is 0 Å². The number of anilines is 2. The lowest BCUT2D eigenvalue weighted by Gasteiger charge is -2.37. The molecule has 1 aromatic rings. The van der Waals surface area contributed by atoms with Crippen LogP contribution in [-0.2, 0) is 4.79 Å². The molecule has 0 aromatic heterocycles. The average molecular weight is 263 g/mol. The van der Waals surface area contributed by atoms with Crippen molar-refractivity contribution in [1.29, 1.82) is 0 Å². The zero-order chi connectivity index (χ0) is 13.8. The largest absolute Gasteiger partial charge is 0.497 e. The molecule has 3 N–H and O–H groups in total. The highest BCUT2D eigenvalue weighted by molar-refractivity contribution is 5.87. The summed E-state index contributed by atoms with van der Waals surface area (Å²) in [6, 6.07) is 5.47. The first-order valence-corrected chi connectivity index (χ1v) is 6.59. The van der Waals surface area contributed by atoms with Gasteiger partial charge in [0.05, 0.1) is 18.5 Å². The minimum absolute atomic E-state index is 0.0509. The molecule has 1 atom stereocenters. The first kappa shape index (κ1) is 13.5. The summed E-state index contributed by atoms with van der Waals surface area (Å²) in [5.74, 6) is 0.782. The number of rotatable bonds is 3. The molecule has 2 rings (SSSR count). The molecular formula is C14H21N3O2. The summed E-state index contributed by atoms with van der Waals surface area (Å²) >= 11 is 0. The Morgan fingerprint density at radius 3 is 2.89 bits per heavy atom. The maximum atomic E-state index is 12.0. The minimum atomic E-state index is -0.130. The molecule has 1 aromatic carbocycles. The van der Waals surface area contributed by atoms with Gasteiger partial charge in [0.25, 0.3) is 0 Å². The molecular weight excluding hydrogens is 242 g/mol. The van der Waals surface area contributed by atoms with Crippen LogP contribution in [0.5, 0.6) is 5.75 Å². The van der Waals surface area contributed by atoms with Crippen LogP contribution in [0.15, 0.2) is 18.2 Å². The zero-order valence-electron chi connectivity index (χ0n) is 11.5. The summed E-state index contributed by atoms with van der Waals surface area (Å²) in [4.78, 5) is 14.1. The molecule has 0 bridgehead atoms. The van der Waals surface area contributed by atoms with Crippen molar-refractivity contribution in [2.24, 2.45) is 0 Å². The zero-order valence-corrected chi connectivity index (χ0v) is 11.5. The van der Waals surface area contributed by atoms with Gasteiger partial charge in [0.15, 0.2) is 0 Å². The maximum absolute atomic E-state index is 12.0. The Hall–Kier alpha value is -1.91.